The van der Waals surface area contributed by atoms with Gasteiger partial charge in [-0.2, -0.15) is 0 Å². The Morgan fingerprint density at radius 3 is 2.30 bits per heavy atom. The third kappa shape index (κ3) is 2.81. The van der Waals surface area contributed by atoms with E-state index in [1.165, 1.54) is 0 Å². The zero-order valence-electron chi connectivity index (χ0n) is 7.27. The molecule has 58 valence electrons. The summed E-state index contributed by atoms with van der Waals surface area (Å²) in [4.78, 5) is 11.2. The maximum Gasteiger partial charge on any atom is 0.160 e. The predicted molar refractivity (Wildman–Crippen MR) is 43.9 cm³/mol. The molecule has 0 rings (SSSR count). The fraction of sp³-hybridized carbons (Fsp3) is 0.667. The Morgan fingerprint density at radius 2 is 2.00 bits per heavy atom. The summed E-state index contributed by atoms with van der Waals surface area (Å²) in [6.07, 6.45) is 2.92. The molecule has 0 fully saturated rings. The molecule has 0 aromatic heterocycles. The highest BCUT2D eigenvalue weighted by Gasteiger charge is 2.07. The Kier molecular flexibility index (Phi) is 4.01. The second-order valence-corrected chi connectivity index (χ2v) is 2.81. The molecule has 0 aromatic carbocycles. The number of hydrogen-bond donors (Lipinski definition) is 0. The number of carbonyl (C=O) groups is 1. The van der Waals surface area contributed by atoms with Crippen molar-refractivity contribution in [1.29, 1.82) is 0 Å². The van der Waals surface area contributed by atoms with Gasteiger partial charge in [-0.25, -0.2) is 0 Å². The highest BCUT2D eigenvalue weighted by molar-refractivity contribution is 5.96. The first-order valence-corrected chi connectivity index (χ1v) is 3.80. The van der Waals surface area contributed by atoms with Crippen LogP contribution in [0.15, 0.2) is 11.6 Å². The lowest BCUT2D eigenvalue weighted by atomic mass is 10.0. The molecule has 0 bridgehead atoms. The largest absolute Gasteiger partial charge is 0.294 e. The van der Waals surface area contributed by atoms with Gasteiger partial charge in [0.2, 0.25) is 0 Å². The van der Waals surface area contributed by atoms with Crippen LogP contribution in [-0.2, 0) is 4.79 Å². The first-order chi connectivity index (χ1) is 4.59. The molecule has 0 saturated carbocycles. The quantitative estimate of drug-likeness (QED) is 0.551. The summed E-state index contributed by atoms with van der Waals surface area (Å²) in [5.41, 5.74) is 0.900. The van der Waals surface area contributed by atoms with Crippen LogP contribution in [0, 0.1) is 5.92 Å². The molecule has 0 saturated heterocycles. The lowest BCUT2D eigenvalue weighted by Crippen LogP contribution is -2.07. The predicted octanol–water partition coefficient (Wildman–Crippen LogP) is 2.57. The molecular formula is C9H16O. The van der Waals surface area contributed by atoms with Gasteiger partial charge in [0.1, 0.15) is 0 Å². The monoisotopic (exact) mass is 140 g/mol. The van der Waals surface area contributed by atoms with Crippen molar-refractivity contribution >= 4 is 5.78 Å². The summed E-state index contributed by atoms with van der Waals surface area (Å²) in [5.74, 6) is 0.407. The van der Waals surface area contributed by atoms with Crippen molar-refractivity contribution in [1.82, 2.24) is 0 Å². The summed E-state index contributed by atoms with van der Waals surface area (Å²) in [6, 6.07) is 0. The summed E-state index contributed by atoms with van der Waals surface area (Å²) < 4.78 is 0. The lowest BCUT2D eigenvalue weighted by molar-refractivity contribution is -0.118. The molecular weight excluding hydrogens is 124 g/mol. The Morgan fingerprint density at radius 1 is 1.50 bits per heavy atom. The Labute approximate surface area is 63.1 Å². The number of Topliss-reactive ketones (excluding diaryl/α,β-unsaturated/α-hetero) is 1. The van der Waals surface area contributed by atoms with Crippen LogP contribution in [0.5, 0.6) is 0 Å². The molecule has 0 atom stereocenters. The van der Waals surface area contributed by atoms with Crippen LogP contribution < -0.4 is 0 Å². The van der Waals surface area contributed by atoms with Crippen LogP contribution >= 0.6 is 0 Å². The molecule has 0 spiro atoms. The van der Waals surface area contributed by atoms with Gasteiger partial charge in [-0.05, 0) is 18.9 Å². The minimum absolute atomic E-state index is 0.141. The highest BCUT2D eigenvalue weighted by Crippen LogP contribution is 2.05. The molecule has 0 radical (unpaired) electrons. The molecule has 0 aliphatic rings. The number of carbonyl (C=O) groups excluding carboxylic acids is 1. The van der Waals surface area contributed by atoms with Crippen LogP contribution in [0.3, 0.4) is 0 Å². The van der Waals surface area contributed by atoms with E-state index in [0.29, 0.717) is 0 Å². The van der Waals surface area contributed by atoms with E-state index in [0.717, 1.165) is 12.0 Å². The van der Waals surface area contributed by atoms with E-state index in [9.17, 15) is 4.79 Å². The molecule has 1 nitrogen and oxygen atoms in total. The molecule has 0 aliphatic carbocycles. The molecule has 0 aliphatic heterocycles. The summed E-state index contributed by atoms with van der Waals surface area (Å²) in [7, 11) is 0. The van der Waals surface area contributed by atoms with E-state index >= 15 is 0 Å². The molecule has 0 aromatic rings. The second kappa shape index (κ2) is 4.26. The molecule has 1 heteroatoms. The smallest absolute Gasteiger partial charge is 0.160 e. The molecule has 0 unspecified atom stereocenters. The summed E-state index contributed by atoms with van der Waals surface area (Å²) in [6.45, 7) is 7.77. The zero-order chi connectivity index (χ0) is 8.15. The van der Waals surface area contributed by atoms with Gasteiger partial charge in [0.15, 0.2) is 5.78 Å². The maximum atomic E-state index is 11.2. The van der Waals surface area contributed by atoms with Crippen LogP contribution in [0.2, 0.25) is 0 Å². The van der Waals surface area contributed by atoms with Crippen molar-refractivity contribution in [2.24, 2.45) is 5.92 Å². The van der Waals surface area contributed by atoms with Crippen LogP contribution in [-0.4, -0.2) is 5.78 Å². The van der Waals surface area contributed by atoms with E-state index in [4.69, 9.17) is 0 Å². The normalized spacial score (nSPS) is 12.3. The van der Waals surface area contributed by atoms with Gasteiger partial charge in [-0.15, -0.1) is 0 Å². The van der Waals surface area contributed by atoms with E-state index < -0.39 is 0 Å². The van der Waals surface area contributed by atoms with Gasteiger partial charge in [0, 0.05) is 5.92 Å². The Balaban J connectivity index is 4.08. The van der Waals surface area contributed by atoms with Crippen molar-refractivity contribution in [2.75, 3.05) is 0 Å². The minimum Gasteiger partial charge on any atom is -0.294 e. The summed E-state index contributed by atoms with van der Waals surface area (Å²) in [5, 5.41) is 0. The molecule has 0 amide bonds. The lowest BCUT2D eigenvalue weighted by Gasteiger charge is -2.02. The number of hydrogen-bond acceptors (Lipinski definition) is 1. The van der Waals surface area contributed by atoms with E-state index in [1.54, 1.807) is 0 Å². The van der Waals surface area contributed by atoms with Gasteiger partial charge >= 0.3 is 0 Å². The van der Waals surface area contributed by atoms with Crippen molar-refractivity contribution in [3.05, 3.63) is 11.6 Å². The van der Waals surface area contributed by atoms with Gasteiger partial charge in [0.05, 0.1) is 0 Å². The molecule has 10 heavy (non-hydrogen) atoms. The first kappa shape index (κ1) is 9.41. The fourth-order valence-corrected chi connectivity index (χ4v) is 0.862. The Hall–Kier alpha value is -0.590. The Bertz CT molecular complexity index is 143. The van der Waals surface area contributed by atoms with Crippen molar-refractivity contribution in [3.63, 3.8) is 0 Å². The topological polar surface area (TPSA) is 17.1 Å². The van der Waals surface area contributed by atoms with Crippen molar-refractivity contribution < 1.29 is 4.79 Å². The maximum absolute atomic E-state index is 11.2. The third-order valence-corrected chi connectivity index (χ3v) is 1.42. The molecule has 0 heterocycles. The number of rotatable bonds is 3. The van der Waals surface area contributed by atoms with Gasteiger partial charge < -0.3 is 0 Å². The van der Waals surface area contributed by atoms with E-state index in [-0.39, 0.29) is 11.7 Å². The van der Waals surface area contributed by atoms with Gasteiger partial charge in [-0.3, -0.25) is 4.79 Å². The average Bonchev–Trinajstić information content (AvgIpc) is 1.87. The van der Waals surface area contributed by atoms with E-state index in [2.05, 4.69) is 0 Å². The van der Waals surface area contributed by atoms with Crippen LogP contribution in [0.25, 0.3) is 0 Å². The van der Waals surface area contributed by atoms with Gasteiger partial charge in [0.25, 0.3) is 0 Å². The average molecular weight is 140 g/mol. The van der Waals surface area contributed by atoms with Crippen molar-refractivity contribution in [3.8, 4) is 0 Å². The van der Waals surface area contributed by atoms with Crippen LogP contribution in [0.1, 0.15) is 34.1 Å². The minimum atomic E-state index is 0.141. The highest BCUT2D eigenvalue weighted by atomic mass is 16.1. The van der Waals surface area contributed by atoms with Gasteiger partial charge in [-0.1, -0.05) is 26.8 Å². The van der Waals surface area contributed by atoms with Crippen molar-refractivity contribution in [2.45, 2.75) is 34.1 Å². The number of allylic oxidation sites excluding steroid dienone is 2. The molecule has 0 N–H and O–H groups in total. The zero-order valence-corrected chi connectivity index (χ0v) is 7.27. The number of ketones is 1. The first-order valence-electron chi connectivity index (χ1n) is 3.80. The summed E-state index contributed by atoms with van der Waals surface area (Å²) >= 11 is 0. The standard InChI is InChI=1S/C9H16O/c1-5-6-8(4)9(10)7(2)3/h6-7H,5H2,1-4H3. The van der Waals surface area contributed by atoms with E-state index in [1.807, 2.05) is 33.8 Å². The fourth-order valence-electron chi connectivity index (χ4n) is 0.862. The SMILES string of the molecule is CCC=C(C)C(=O)C(C)C. The second-order valence-electron chi connectivity index (χ2n) is 2.81. The third-order valence-electron chi connectivity index (χ3n) is 1.42. The van der Waals surface area contributed by atoms with Crippen LogP contribution in [0.4, 0.5) is 0 Å².